The predicted octanol–water partition coefficient (Wildman–Crippen LogP) is 1.16. The van der Waals surface area contributed by atoms with Crippen LogP contribution in [-0.4, -0.2) is 65.8 Å². The van der Waals surface area contributed by atoms with Crippen LogP contribution in [0.3, 0.4) is 0 Å². The van der Waals surface area contributed by atoms with E-state index in [-0.39, 0.29) is 24.7 Å². The molecule has 1 aliphatic heterocycles. The number of aliphatic hydroxyl groups excluding tert-OH is 1. The van der Waals surface area contributed by atoms with Gasteiger partial charge in [0.1, 0.15) is 11.5 Å². The SMILES string of the molecule is CO[C@H]1C[C@@H](CO)N(CC(=O)N(Cc2ccc(C)o2)C2CC2)C1. The van der Waals surface area contributed by atoms with Crippen molar-refractivity contribution in [1.29, 1.82) is 0 Å². The third-order valence-corrected chi connectivity index (χ3v) is 4.80. The molecule has 1 aromatic heterocycles. The number of methoxy groups -OCH3 is 1. The topological polar surface area (TPSA) is 66.2 Å². The van der Waals surface area contributed by atoms with Gasteiger partial charge in [-0.15, -0.1) is 0 Å². The van der Waals surface area contributed by atoms with Crippen molar-refractivity contribution >= 4 is 5.91 Å². The van der Waals surface area contributed by atoms with Gasteiger partial charge in [0.25, 0.3) is 0 Å². The van der Waals surface area contributed by atoms with Gasteiger partial charge in [-0.05, 0) is 38.3 Å². The van der Waals surface area contributed by atoms with Gasteiger partial charge in [0, 0.05) is 25.7 Å². The van der Waals surface area contributed by atoms with Crippen molar-refractivity contribution in [1.82, 2.24) is 9.80 Å². The molecule has 2 heterocycles. The number of hydrogen-bond donors (Lipinski definition) is 1. The van der Waals surface area contributed by atoms with E-state index in [1.165, 1.54) is 0 Å². The number of ether oxygens (including phenoxy) is 1. The number of amides is 1. The molecule has 0 radical (unpaired) electrons. The fraction of sp³-hybridized carbons (Fsp3) is 0.706. The number of carbonyl (C=O) groups is 1. The maximum absolute atomic E-state index is 12.8. The summed E-state index contributed by atoms with van der Waals surface area (Å²) in [5, 5.41) is 9.52. The lowest BCUT2D eigenvalue weighted by Crippen LogP contribution is -2.44. The largest absolute Gasteiger partial charge is 0.464 e. The minimum Gasteiger partial charge on any atom is -0.464 e. The van der Waals surface area contributed by atoms with Crippen molar-refractivity contribution in [3.8, 4) is 0 Å². The van der Waals surface area contributed by atoms with Crippen LogP contribution in [0.5, 0.6) is 0 Å². The molecular formula is C17H26N2O4. The fourth-order valence-electron chi connectivity index (χ4n) is 3.30. The third kappa shape index (κ3) is 3.94. The van der Waals surface area contributed by atoms with Crippen LogP contribution in [-0.2, 0) is 16.1 Å². The second-order valence-electron chi connectivity index (χ2n) is 6.62. The lowest BCUT2D eigenvalue weighted by Gasteiger charge is -2.27. The molecule has 1 N–H and O–H groups in total. The number of likely N-dealkylation sites (tertiary alicyclic amines) is 1. The van der Waals surface area contributed by atoms with Gasteiger partial charge in [-0.1, -0.05) is 0 Å². The first-order chi connectivity index (χ1) is 11.1. The Hall–Kier alpha value is -1.37. The molecule has 6 nitrogen and oxygen atoms in total. The monoisotopic (exact) mass is 322 g/mol. The maximum Gasteiger partial charge on any atom is 0.237 e. The fourth-order valence-corrected chi connectivity index (χ4v) is 3.30. The highest BCUT2D eigenvalue weighted by Gasteiger charge is 2.37. The molecule has 1 aliphatic carbocycles. The Labute approximate surface area is 137 Å². The van der Waals surface area contributed by atoms with Gasteiger partial charge in [0.15, 0.2) is 0 Å². The van der Waals surface area contributed by atoms with Gasteiger partial charge in [-0.3, -0.25) is 9.69 Å². The van der Waals surface area contributed by atoms with Gasteiger partial charge in [0.05, 0.1) is 25.8 Å². The molecule has 128 valence electrons. The summed E-state index contributed by atoms with van der Waals surface area (Å²) in [7, 11) is 1.68. The van der Waals surface area contributed by atoms with Crippen LogP contribution in [0.25, 0.3) is 0 Å². The normalized spacial score (nSPS) is 25.0. The average molecular weight is 322 g/mol. The van der Waals surface area contributed by atoms with E-state index in [2.05, 4.69) is 0 Å². The van der Waals surface area contributed by atoms with Crippen molar-refractivity contribution in [2.24, 2.45) is 0 Å². The minimum absolute atomic E-state index is 0.0100. The first-order valence-electron chi connectivity index (χ1n) is 8.33. The molecule has 2 atom stereocenters. The quantitative estimate of drug-likeness (QED) is 0.816. The summed E-state index contributed by atoms with van der Waals surface area (Å²) in [6.07, 6.45) is 3.01. The zero-order chi connectivity index (χ0) is 16.4. The molecule has 3 rings (SSSR count). The predicted molar refractivity (Wildman–Crippen MR) is 84.9 cm³/mol. The van der Waals surface area contributed by atoms with Crippen LogP contribution >= 0.6 is 0 Å². The lowest BCUT2D eigenvalue weighted by atomic mass is 10.2. The minimum atomic E-state index is 0.0100. The first-order valence-corrected chi connectivity index (χ1v) is 8.33. The molecule has 1 amide bonds. The van der Waals surface area contributed by atoms with E-state index in [9.17, 15) is 9.90 Å². The van der Waals surface area contributed by atoms with Crippen LogP contribution < -0.4 is 0 Å². The summed E-state index contributed by atoms with van der Waals surface area (Å²) in [5.74, 6) is 1.81. The van der Waals surface area contributed by atoms with E-state index in [4.69, 9.17) is 9.15 Å². The number of rotatable bonds is 7. The molecule has 0 spiro atoms. The molecular weight excluding hydrogens is 296 g/mol. The van der Waals surface area contributed by atoms with Crippen LogP contribution in [0.4, 0.5) is 0 Å². The lowest BCUT2D eigenvalue weighted by molar-refractivity contribution is -0.134. The van der Waals surface area contributed by atoms with Gasteiger partial charge < -0.3 is 19.2 Å². The highest BCUT2D eigenvalue weighted by Crippen LogP contribution is 2.29. The van der Waals surface area contributed by atoms with E-state index in [0.29, 0.717) is 25.7 Å². The summed E-state index contributed by atoms with van der Waals surface area (Å²) in [5.41, 5.74) is 0. The van der Waals surface area contributed by atoms with Gasteiger partial charge >= 0.3 is 0 Å². The first kappa shape index (κ1) is 16.5. The number of aryl methyl sites for hydroxylation is 1. The average Bonchev–Trinajstić information content (AvgIpc) is 3.18. The summed E-state index contributed by atoms with van der Waals surface area (Å²) < 4.78 is 11.0. The standard InChI is InChI=1S/C17H26N2O4/c1-12-3-6-15(23-12)9-19(13-4-5-13)17(21)10-18-8-16(22-2)7-14(18)11-20/h3,6,13-14,16,20H,4-5,7-11H2,1-2H3/t14-,16-/m0/s1. The van der Waals surface area contributed by atoms with Crippen molar-refractivity contribution in [2.45, 2.75) is 50.9 Å². The Bertz CT molecular complexity index is 540. The molecule has 2 aliphatic rings. The van der Waals surface area contributed by atoms with Gasteiger partial charge in [-0.2, -0.15) is 0 Å². The van der Waals surface area contributed by atoms with Gasteiger partial charge in [-0.25, -0.2) is 0 Å². The molecule has 1 saturated carbocycles. The Kier molecular flexibility index (Phi) is 5.04. The van der Waals surface area contributed by atoms with Crippen LogP contribution in [0.15, 0.2) is 16.5 Å². The van der Waals surface area contributed by atoms with Crippen molar-refractivity contribution in [3.63, 3.8) is 0 Å². The molecule has 1 aromatic rings. The van der Waals surface area contributed by atoms with Crippen LogP contribution in [0.2, 0.25) is 0 Å². The molecule has 6 heteroatoms. The summed E-state index contributed by atoms with van der Waals surface area (Å²) in [4.78, 5) is 16.7. The highest BCUT2D eigenvalue weighted by molar-refractivity contribution is 5.79. The second kappa shape index (κ2) is 7.03. The van der Waals surface area contributed by atoms with Crippen molar-refractivity contribution in [2.75, 3.05) is 26.8 Å². The number of furan rings is 1. The van der Waals surface area contributed by atoms with Crippen molar-refractivity contribution in [3.05, 3.63) is 23.7 Å². The Morgan fingerprint density at radius 3 is 2.83 bits per heavy atom. The summed E-state index contributed by atoms with van der Waals surface area (Å²) >= 11 is 0. The number of hydrogen-bond acceptors (Lipinski definition) is 5. The Morgan fingerprint density at radius 1 is 1.48 bits per heavy atom. The van der Waals surface area contributed by atoms with Crippen LogP contribution in [0, 0.1) is 6.92 Å². The van der Waals surface area contributed by atoms with Crippen molar-refractivity contribution < 1.29 is 19.1 Å². The van der Waals surface area contributed by atoms with E-state index >= 15 is 0 Å². The molecule has 0 bridgehead atoms. The number of carbonyl (C=O) groups excluding carboxylic acids is 1. The smallest absolute Gasteiger partial charge is 0.237 e. The molecule has 0 unspecified atom stereocenters. The van der Waals surface area contributed by atoms with E-state index in [1.807, 2.05) is 28.9 Å². The Morgan fingerprint density at radius 2 is 2.26 bits per heavy atom. The van der Waals surface area contributed by atoms with E-state index < -0.39 is 0 Å². The zero-order valence-corrected chi connectivity index (χ0v) is 13.9. The summed E-state index contributed by atoms with van der Waals surface area (Å²) in [6.45, 7) is 3.54. The van der Waals surface area contributed by atoms with Gasteiger partial charge in [0.2, 0.25) is 5.91 Å². The molecule has 1 saturated heterocycles. The zero-order valence-electron chi connectivity index (χ0n) is 13.9. The molecule has 0 aromatic carbocycles. The number of aliphatic hydroxyl groups is 1. The van der Waals surface area contributed by atoms with E-state index in [0.717, 1.165) is 30.8 Å². The maximum atomic E-state index is 12.8. The second-order valence-corrected chi connectivity index (χ2v) is 6.62. The van der Waals surface area contributed by atoms with Crippen LogP contribution in [0.1, 0.15) is 30.8 Å². The third-order valence-electron chi connectivity index (χ3n) is 4.80. The van der Waals surface area contributed by atoms with E-state index in [1.54, 1.807) is 7.11 Å². The Balaban J connectivity index is 1.62. The molecule has 2 fully saturated rings. The number of nitrogens with zero attached hydrogens (tertiary/aromatic N) is 2. The summed E-state index contributed by atoms with van der Waals surface area (Å²) in [6, 6.07) is 4.21. The highest BCUT2D eigenvalue weighted by atomic mass is 16.5. The molecule has 23 heavy (non-hydrogen) atoms.